The summed E-state index contributed by atoms with van der Waals surface area (Å²) in [6.45, 7) is 13.3. The Bertz CT molecular complexity index is 660. The van der Waals surface area contributed by atoms with E-state index >= 15 is 0 Å². The van der Waals surface area contributed by atoms with Crippen molar-refractivity contribution in [1.82, 2.24) is 0 Å². The van der Waals surface area contributed by atoms with Gasteiger partial charge in [0.15, 0.2) is 0 Å². The van der Waals surface area contributed by atoms with Gasteiger partial charge in [-0.2, -0.15) is 0 Å². The second-order valence-corrected chi connectivity index (χ2v) is 7.83. The number of ether oxygens (including phenoxy) is 3. The molecule has 1 saturated heterocycles. The smallest absolute Gasteiger partial charge is 0.334 e. The van der Waals surface area contributed by atoms with Crippen LogP contribution in [-0.4, -0.2) is 36.7 Å². The largest absolute Gasteiger partial charge is 0.466 e. The van der Waals surface area contributed by atoms with Crippen LogP contribution in [0.15, 0.2) is 23.3 Å². The van der Waals surface area contributed by atoms with Crippen molar-refractivity contribution in [3.63, 3.8) is 0 Å². The van der Waals surface area contributed by atoms with Crippen LogP contribution in [0.5, 0.6) is 0 Å². The predicted octanol–water partition coefficient (Wildman–Crippen LogP) is 3.35. The van der Waals surface area contributed by atoms with E-state index in [1.54, 1.807) is 13.8 Å². The third-order valence-electron chi connectivity index (χ3n) is 5.29. The van der Waals surface area contributed by atoms with Gasteiger partial charge >= 0.3 is 17.9 Å². The highest BCUT2D eigenvalue weighted by Crippen LogP contribution is 2.45. The SMILES string of the molecule is C=C1C(=O)O[C@@H]2CC(C)=C(C(C)CCCOC(C)=O)C(OC(=O)C(C)C)[C@H]12. The lowest BCUT2D eigenvalue weighted by Crippen LogP contribution is -2.41. The molecule has 2 rings (SSSR count). The van der Waals surface area contributed by atoms with Crippen molar-refractivity contribution in [2.75, 3.05) is 6.61 Å². The molecule has 0 radical (unpaired) electrons. The van der Waals surface area contributed by atoms with Crippen LogP contribution in [0.4, 0.5) is 0 Å². The zero-order valence-corrected chi connectivity index (χ0v) is 16.9. The van der Waals surface area contributed by atoms with E-state index in [-0.39, 0.29) is 35.8 Å². The maximum Gasteiger partial charge on any atom is 0.334 e. The summed E-state index contributed by atoms with van der Waals surface area (Å²) in [5.41, 5.74) is 2.49. The standard InChI is InChI=1S/C21H30O6/c1-11(2)20(23)27-19-17(12(3)8-7-9-25-15(6)22)13(4)10-16-18(19)14(5)21(24)26-16/h11-12,16,18-19H,5,7-10H2,1-4,6H3/t12?,16-,18-,19?/m1/s1. The minimum atomic E-state index is -0.540. The van der Waals surface area contributed by atoms with E-state index in [1.807, 2.05) is 6.92 Å². The fourth-order valence-corrected chi connectivity index (χ4v) is 3.91. The van der Waals surface area contributed by atoms with Gasteiger partial charge in [0.1, 0.15) is 12.2 Å². The van der Waals surface area contributed by atoms with Gasteiger partial charge in [-0.25, -0.2) is 4.79 Å². The summed E-state index contributed by atoms with van der Waals surface area (Å²) in [7, 11) is 0. The zero-order valence-electron chi connectivity index (χ0n) is 16.9. The number of rotatable bonds is 7. The van der Waals surface area contributed by atoms with E-state index in [0.717, 1.165) is 17.6 Å². The Morgan fingerprint density at radius 2 is 1.96 bits per heavy atom. The van der Waals surface area contributed by atoms with Gasteiger partial charge in [0.2, 0.25) is 0 Å². The van der Waals surface area contributed by atoms with Crippen molar-refractivity contribution in [1.29, 1.82) is 0 Å². The van der Waals surface area contributed by atoms with Crippen LogP contribution in [0, 0.1) is 17.8 Å². The quantitative estimate of drug-likeness (QED) is 0.222. The fraction of sp³-hybridized carbons (Fsp3) is 0.667. The first-order valence-corrected chi connectivity index (χ1v) is 9.56. The monoisotopic (exact) mass is 378 g/mol. The highest BCUT2D eigenvalue weighted by atomic mass is 16.6. The first-order valence-electron chi connectivity index (χ1n) is 9.56. The summed E-state index contributed by atoms with van der Waals surface area (Å²) in [5, 5.41) is 0. The lowest BCUT2D eigenvalue weighted by Gasteiger charge is -2.37. The molecule has 0 spiro atoms. The number of hydrogen-bond acceptors (Lipinski definition) is 6. The molecule has 6 nitrogen and oxygen atoms in total. The highest BCUT2D eigenvalue weighted by Gasteiger charge is 2.50. The maximum atomic E-state index is 12.3. The zero-order chi connectivity index (χ0) is 20.3. The molecule has 1 fully saturated rings. The molecule has 6 heteroatoms. The summed E-state index contributed by atoms with van der Waals surface area (Å²) in [4.78, 5) is 35.3. The third kappa shape index (κ3) is 4.79. The first-order chi connectivity index (χ1) is 12.6. The highest BCUT2D eigenvalue weighted by molar-refractivity contribution is 5.91. The topological polar surface area (TPSA) is 78.9 Å². The number of carbonyl (C=O) groups is 3. The van der Waals surface area contributed by atoms with E-state index in [2.05, 4.69) is 13.5 Å². The molecule has 0 N–H and O–H groups in total. The van der Waals surface area contributed by atoms with Crippen molar-refractivity contribution >= 4 is 17.9 Å². The molecule has 2 aliphatic rings. The summed E-state index contributed by atoms with van der Waals surface area (Å²) >= 11 is 0. The van der Waals surface area contributed by atoms with Crippen LogP contribution >= 0.6 is 0 Å². The molecule has 0 aromatic heterocycles. The summed E-state index contributed by atoms with van der Waals surface area (Å²) < 4.78 is 16.3. The lowest BCUT2D eigenvalue weighted by molar-refractivity contribution is -0.155. The molecule has 0 aromatic rings. The van der Waals surface area contributed by atoms with Gasteiger partial charge < -0.3 is 14.2 Å². The average Bonchev–Trinajstić information content (AvgIpc) is 2.85. The Balaban J connectivity index is 2.23. The van der Waals surface area contributed by atoms with Crippen molar-refractivity contribution in [2.45, 2.75) is 66.1 Å². The van der Waals surface area contributed by atoms with E-state index in [0.29, 0.717) is 25.0 Å². The Morgan fingerprint density at radius 3 is 2.56 bits per heavy atom. The van der Waals surface area contributed by atoms with E-state index < -0.39 is 12.1 Å². The maximum absolute atomic E-state index is 12.3. The average molecular weight is 378 g/mol. The number of hydrogen-bond donors (Lipinski definition) is 0. The Hall–Kier alpha value is -2.11. The minimum absolute atomic E-state index is 0.120. The van der Waals surface area contributed by atoms with E-state index in [4.69, 9.17) is 14.2 Å². The van der Waals surface area contributed by atoms with Gasteiger partial charge in [0.05, 0.1) is 18.4 Å². The molecule has 0 amide bonds. The van der Waals surface area contributed by atoms with Crippen LogP contribution in [-0.2, 0) is 28.6 Å². The van der Waals surface area contributed by atoms with Gasteiger partial charge in [-0.05, 0) is 31.3 Å². The first kappa shape index (κ1) is 21.2. The van der Waals surface area contributed by atoms with Crippen LogP contribution in [0.25, 0.3) is 0 Å². The van der Waals surface area contributed by atoms with Crippen molar-refractivity contribution < 1.29 is 28.6 Å². The molecule has 2 unspecified atom stereocenters. The number of carbonyl (C=O) groups excluding carboxylic acids is 3. The van der Waals surface area contributed by atoms with Crippen molar-refractivity contribution in [3.05, 3.63) is 23.3 Å². The molecule has 27 heavy (non-hydrogen) atoms. The lowest BCUT2D eigenvalue weighted by atomic mass is 9.73. The second-order valence-electron chi connectivity index (χ2n) is 7.83. The number of esters is 3. The van der Waals surface area contributed by atoms with Gasteiger partial charge in [-0.15, -0.1) is 0 Å². The van der Waals surface area contributed by atoms with Gasteiger partial charge in [0.25, 0.3) is 0 Å². The Labute approximate surface area is 160 Å². The third-order valence-corrected chi connectivity index (χ3v) is 5.29. The van der Waals surface area contributed by atoms with Gasteiger partial charge in [-0.1, -0.05) is 32.9 Å². The molecule has 0 saturated carbocycles. The Morgan fingerprint density at radius 1 is 1.30 bits per heavy atom. The van der Waals surface area contributed by atoms with E-state index in [1.165, 1.54) is 6.92 Å². The summed E-state index contributed by atoms with van der Waals surface area (Å²) in [6, 6.07) is 0. The molecule has 1 heterocycles. The molecule has 150 valence electrons. The van der Waals surface area contributed by atoms with Gasteiger partial charge in [0, 0.05) is 18.9 Å². The molecule has 4 atom stereocenters. The minimum Gasteiger partial charge on any atom is -0.466 e. The molecular weight excluding hydrogens is 348 g/mol. The second kappa shape index (κ2) is 8.72. The molecule has 0 bridgehead atoms. The summed E-state index contributed by atoms with van der Waals surface area (Å²) in [6.07, 6.45) is 1.25. The van der Waals surface area contributed by atoms with Crippen molar-refractivity contribution in [2.24, 2.45) is 17.8 Å². The Kier molecular flexibility index (Phi) is 6.84. The van der Waals surface area contributed by atoms with Crippen LogP contribution in [0.3, 0.4) is 0 Å². The normalized spacial score (nSPS) is 25.9. The molecule has 1 aliphatic heterocycles. The van der Waals surface area contributed by atoms with Crippen LogP contribution in [0.2, 0.25) is 0 Å². The molecule has 1 aliphatic carbocycles. The fourth-order valence-electron chi connectivity index (χ4n) is 3.91. The molecule has 0 aromatic carbocycles. The van der Waals surface area contributed by atoms with Crippen LogP contribution in [0.1, 0.15) is 53.9 Å². The van der Waals surface area contributed by atoms with Crippen molar-refractivity contribution in [3.8, 4) is 0 Å². The molecular formula is C21H30O6. The predicted molar refractivity (Wildman–Crippen MR) is 99.6 cm³/mol. The number of fused-ring (bicyclic) bond motifs is 1. The summed E-state index contributed by atoms with van der Waals surface area (Å²) in [5.74, 6) is -1.49. The van der Waals surface area contributed by atoms with E-state index in [9.17, 15) is 14.4 Å². The van der Waals surface area contributed by atoms with Crippen LogP contribution < -0.4 is 0 Å². The van der Waals surface area contributed by atoms with Gasteiger partial charge in [-0.3, -0.25) is 9.59 Å².